The van der Waals surface area contributed by atoms with E-state index < -0.39 is 0 Å². The van der Waals surface area contributed by atoms with Crippen LogP contribution >= 0.6 is 39.3 Å². The van der Waals surface area contributed by atoms with Crippen LogP contribution in [-0.4, -0.2) is 32.6 Å². The minimum absolute atomic E-state index is 0.183. The van der Waals surface area contributed by atoms with Crippen molar-refractivity contribution >= 4 is 51.4 Å². The Morgan fingerprint density at radius 2 is 2.07 bits per heavy atom. The molecule has 0 bridgehead atoms. The highest BCUT2D eigenvalue weighted by Crippen LogP contribution is 2.24. The van der Waals surface area contributed by atoms with Gasteiger partial charge in [0.1, 0.15) is 0 Å². The zero-order valence-electron chi connectivity index (χ0n) is 14.3. The Morgan fingerprint density at radius 1 is 1.30 bits per heavy atom. The Bertz CT molecular complexity index is 974. The summed E-state index contributed by atoms with van der Waals surface area (Å²) in [6, 6.07) is 15.0. The van der Waals surface area contributed by atoms with Gasteiger partial charge in [-0.2, -0.15) is 5.10 Å². The molecule has 27 heavy (non-hydrogen) atoms. The van der Waals surface area contributed by atoms with Crippen LogP contribution in [0.4, 0.5) is 0 Å². The fourth-order valence-corrected chi connectivity index (χ4v) is 3.44. The minimum Gasteiger partial charge on any atom is -0.305 e. The molecule has 3 rings (SSSR count). The first-order chi connectivity index (χ1) is 13.0. The Labute approximate surface area is 174 Å². The molecule has 1 N–H and O–H groups in total. The van der Waals surface area contributed by atoms with E-state index in [9.17, 15) is 4.79 Å². The second kappa shape index (κ2) is 9.16. The Hall–Kier alpha value is -2.16. The lowest BCUT2D eigenvalue weighted by atomic mass is 10.2. The summed E-state index contributed by atoms with van der Waals surface area (Å²) in [6.07, 6.45) is 1.56. The third-order valence-electron chi connectivity index (χ3n) is 3.52. The van der Waals surface area contributed by atoms with Crippen LogP contribution in [0.15, 0.2) is 63.3 Å². The van der Waals surface area contributed by atoms with Gasteiger partial charge in [0.25, 0.3) is 5.91 Å². The van der Waals surface area contributed by atoms with Crippen molar-refractivity contribution in [2.24, 2.45) is 12.1 Å². The predicted octanol–water partition coefficient (Wildman–Crippen LogP) is 4.14. The number of aromatic nitrogens is 3. The van der Waals surface area contributed by atoms with E-state index in [0.717, 1.165) is 21.4 Å². The van der Waals surface area contributed by atoms with Crippen molar-refractivity contribution in [1.82, 2.24) is 20.2 Å². The van der Waals surface area contributed by atoms with Gasteiger partial charge in [0.2, 0.25) is 0 Å². The van der Waals surface area contributed by atoms with Gasteiger partial charge in [-0.3, -0.25) is 4.79 Å². The second-order valence-electron chi connectivity index (χ2n) is 5.51. The topological polar surface area (TPSA) is 72.2 Å². The van der Waals surface area contributed by atoms with E-state index in [2.05, 4.69) is 36.7 Å². The van der Waals surface area contributed by atoms with Gasteiger partial charge < -0.3 is 4.57 Å². The average molecular weight is 465 g/mol. The van der Waals surface area contributed by atoms with E-state index in [1.807, 2.05) is 48.0 Å². The van der Waals surface area contributed by atoms with Crippen LogP contribution in [-0.2, 0) is 11.8 Å². The molecule has 0 atom stereocenters. The van der Waals surface area contributed by atoms with E-state index in [0.29, 0.717) is 10.2 Å². The maximum absolute atomic E-state index is 12.0. The number of rotatable bonds is 6. The van der Waals surface area contributed by atoms with Gasteiger partial charge in [-0.05, 0) is 29.8 Å². The van der Waals surface area contributed by atoms with Crippen LogP contribution in [0.25, 0.3) is 11.4 Å². The summed E-state index contributed by atoms with van der Waals surface area (Å²) in [5.74, 6) is 0.694. The van der Waals surface area contributed by atoms with Crippen LogP contribution in [0.3, 0.4) is 0 Å². The number of nitrogens with zero attached hydrogens (tertiary/aromatic N) is 4. The standard InChI is InChI=1S/C18H15BrClN5OS/c1-25-17(13-3-2-4-14(19)9-13)23-24-18(25)27-11-16(26)22-21-10-12-5-7-15(20)8-6-12/h2-10H,11H2,1H3,(H,22,26). The van der Waals surface area contributed by atoms with Gasteiger partial charge >= 0.3 is 0 Å². The second-order valence-corrected chi connectivity index (χ2v) is 7.80. The summed E-state index contributed by atoms with van der Waals surface area (Å²) in [7, 11) is 1.87. The summed E-state index contributed by atoms with van der Waals surface area (Å²) < 4.78 is 2.83. The van der Waals surface area contributed by atoms with E-state index in [1.165, 1.54) is 11.8 Å². The molecule has 138 valence electrons. The van der Waals surface area contributed by atoms with E-state index >= 15 is 0 Å². The molecule has 1 amide bonds. The molecule has 0 aliphatic rings. The van der Waals surface area contributed by atoms with Crippen LogP contribution in [0.5, 0.6) is 0 Å². The zero-order valence-corrected chi connectivity index (χ0v) is 17.4. The molecule has 1 aromatic heterocycles. The first-order valence-corrected chi connectivity index (χ1v) is 10.0. The molecule has 3 aromatic rings. The largest absolute Gasteiger partial charge is 0.305 e. The maximum Gasteiger partial charge on any atom is 0.250 e. The Morgan fingerprint density at radius 3 is 2.81 bits per heavy atom. The third kappa shape index (κ3) is 5.41. The van der Waals surface area contributed by atoms with Crippen LogP contribution in [0.2, 0.25) is 5.02 Å². The molecular weight excluding hydrogens is 450 g/mol. The molecule has 0 saturated heterocycles. The smallest absolute Gasteiger partial charge is 0.250 e. The van der Waals surface area contributed by atoms with Gasteiger partial charge in [0, 0.05) is 22.1 Å². The molecule has 0 saturated carbocycles. The van der Waals surface area contributed by atoms with E-state index in [1.54, 1.807) is 18.3 Å². The van der Waals surface area contributed by atoms with Crippen LogP contribution in [0.1, 0.15) is 5.56 Å². The highest BCUT2D eigenvalue weighted by Gasteiger charge is 2.13. The highest BCUT2D eigenvalue weighted by atomic mass is 79.9. The third-order valence-corrected chi connectivity index (χ3v) is 5.29. The van der Waals surface area contributed by atoms with Crippen molar-refractivity contribution < 1.29 is 4.79 Å². The number of benzene rings is 2. The van der Waals surface area contributed by atoms with Crippen molar-refractivity contribution in [2.75, 3.05) is 5.75 Å². The molecule has 0 aliphatic heterocycles. The van der Waals surface area contributed by atoms with Gasteiger partial charge in [0.05, 0.1) is 12.0 Å². The molecule has 0 aliphatic carbocycles. The summed E-state index contributed by atoms with van der Waals surface area (Å²) in [6.45, 7) is 0. The first kappa shape index (κ1) is 19.6. The van der Waals surface area contributed by atoms with Gasteiger partial charge in [-0.15, -0.1) is 10.2 Å². The highest BCUT2D eigenvalue weighted by molar-refractivity contribution is 9.10. The zero-order chi connectivity index (χ0) is 19.2. The number of halogens is 2. The van der Waals surface area contributed by atoms with E-state index in [-0.39, 0.29) is 11.7 Å². The molecule has 0 unspecified atom stereocenters. The number of nitrogens with one attached hydrogen (secondary N) is 1. The van der Waals surface area contributed by atoms with Crippen molar-refractivity contribution in [3.8, 4) is 11.4 Å². The first-order valence-electron chi connectivity index (χ1n) is 7.88. The number of hydrazone groups is 1. The lowest BCUT2D eigenvalue weighted by Gasteiger charge is -2.04. The van der Waals surface area contributed by atoms with Crippen molar-refractivity contribution in [1.29, 1.82) is 0 Å². The number of hydrogen-bond donors (Lipinski definition) is 1. The summed E-state index contributed by atoms with van der Waals surface area (Å²) >= 11 is 10.6. The molecule has 6 nitrogen and oxygen atoms in total. The molecule has 9 heteroatoms. The number of carbonyl (C=O) groups excluding carboxylic acids is 1. The molecule has 1 heterocycles. The molecular formula is C18H15BrClN5OS. The van der Waals surface area contributed by atoms with Crippen LogP contribution in [0, 0.1) is 0 Å². The van der Waals surface area contributed by atoms with Crippen molar-refractivity contribution in [2.45, 2.75) is 5.16 Å². The van der Waals surface area contributed by atoms with Gasteiger partial charge in [-0.25, -0.2) is 5.43 Å². The number of amides is 1. The van der Waals surface area contributed by atoms with Crippen LogP contribution < -0.4 is 5.43 Å². The quantitative estimate of drug-likeness (QED) is 0.338. The molecule has 0 fully saturated rings. The van der Waals surface area contributed by atoms with Crippen molar-refractivity contribution in [3.05, 3.63) is 63.6 Å². The lowest BCUT2D eigenvalue weighted by molar-refractivity contribution is -0.118. The molecule has 0 spiro atoms. The monoisotopic (exact) mass is 463 g/mol. The van der Waals surface area contributed by atoms with Gasteiger partial charge in [0.15, 0.2) is 11.0 Å². The average Bonchev–Trinajstić information content (AvgIpc) is 3.02. The number of hydrogen-bond acceptors (Lipinski definition) is 5. The fourth-order valence-electron chi connectivity index (χ4n) is 2.21. The normalized spacial score (nSPS) is 11.1. The fraction of sp³-hybridized carbons (Fsp3) is 0.111. The lowest BCUT2D eigenvalue weighted by Crippen LogP contribution is -2.19. The molecule has 0 radical (unpaired) electrons. The van der Waals surface area contributed by atoms with Gasteiger partial charge in [-0.1, -0.05) is 63.6 Å². The molecule has 2 aromatic carbocycles. The summed E-state index contributed by atoms with van der Waals surface area (Å²) in [4.78, 5) is 12.0. The number of thioether (sulfide) groups is 1. The van der Waals surface area contributed by atoms with E-state index in [4.69, 9.17) is 11.6 Å². The maximum atomic E-state index is 12.0. The minimum atomic E-state index is -0.225. The summed E-state index contributed by atoms with van der Waals surface area (Å²) in [5.41, 5.74) is 4.29. The Kier molecular flexibility index (Phi) is 6.65. The number of carbonyl (C=O) groups is 1. The summed E-state index contributed by atoms with van der Waals surface area (Å²) in [5, 5.41) is 13.6. The predicted molar refractivity (Wildman–Crippen MR) is 112 cm³/mol. The SMILES string of the molecule is Cn1c(SCC(=O)NN=Cc2ccc(Cl)cc2)nnc1-c1cccc(Br)c1. The Balaban J connectivity index is 1.55. The van der Waals surface area contributed by atoms with Crippen molar-refractivity contribution in [3.63, 3.8) is 0 Å².